The average molecular weight is 290 g/mol. The van der Waals surface area contributed by atoms with Gasteiger partial charge in [0.1, 0.15) is 17.1 Å². The van der Waals surface area contributed by atoms with E-state index in [0.717, 1.165) is 18.2 Å². The maximum Gasteiger partial charge on any atom is 0.282 e. The molecule has 0 heterocycles. The maximum absolute atomic E-state index is 13.2. The summed E-state index contributed by atoms with van der Waals surface area (Å²) in [7, 11) is 0. The van der Waals surface area contributed by atoms with E-state index in [0.29, 0.717) is 11.3 Å². The number of nitro benzene ring substituents is 1. The second-order valence-corrected chi connectivity index (χ2v) is 4.37. The lowest BCUT2D eigenvalue weighted by Crippen LogP contribution is -2.15. The van der Waals surface area contributed by atoms with Crippen LogP contribution in [-0.4, -0.2) is 15.9 Å². The highest BCUT2D eigenvalue weighted by Crippen LogP contribution is 2.24. The van der Waals surface area contributed by atoms with Gasteiger partial charge in [-0.15, -0.1) is 0 Å². The van der Waals surface area contributed by atoms with Crippen LogP contribution in [0.4, 0.5) is 15.8 Å². The number of amides is 1. The topological polar surface area (TPSA) is 92.5 Å². The Morgan fingerprint density at radius 3 is 2.62 bits per heavy atom. The van der Waals surface area contributed by atoms with Crippen molar-refractivity contribution < 1.29 is 19.2 Å². The van der Waals surface area contributed by atoms with Gasteiger partial charge in [0.2, 0.25) is 0 Å². The largest absolute Gasteiger partial charge is 0.508 e. The number of aryl methyl sites for hydroxylation is 1. The van der Waals surface area contributed by atoms with Gasteiger partial charge in [-0.2, -0.15) is 0 Å². The van der Waals surface area contributed by atoms with Crippen molar-refractivity contribution in [1.82, 2.24) is 0 Å². The minimum absolute atomic E-state index is 0.0298. The standard InChI is InChI=1S/C14H11FN2O4/c1-8-6-10(18)3-4-12(8)16-14(19)11-7-9(15)2-5-13(11)17(20)21/h2-7,18H,1H3,(H,16,19). The SMILES string of the molecule is Cc1cc(O)ccc1NC(=O)c1cc(F)ccc1[N+](=O)[O-]. The first-order chi connectivity index (χ1) is 9.88. The number of phenolic OH excluding ortho intramolecular Hbond substituents is 1. The Morgan fingerprint density at radius 1 is 1.29 bits per heavy atom. The molecule has 0 spiro atoms. The maximum atomic E-state index is 13.2. The normalized spacial score (nSPS) is 10.2. The molecule has 0 radical (unpaired) electrons. The fraction of sp³-hybridized carbons (Fsp3) is 0.0714. The smallest absolute Gasteiger partial charge is 0.282 e. The Bertz CT molecular complexity index is 731. The number of hydrogen-bond acceptors (Lipinski definition) is 4. The number of hydrogen-bond donors (Lipinski definition) is 2. The van der Waals surface area contributed by atoms with Gasteiger partial charge in [-0.1, -0.05) is 0 Å². The number of carbonyl (C=O) groups excluding carboxylic acids is 1. The minimum Gasteiger partial charge on any atom is -0.508 e. The zero-order valence-electron chi connectivity index (χ0n) is 11.0. The first-order valence-electron chi connectivity index (χ1n) is 5.93. The average Bonchev–Trinajstić information content (AvgIpc) is 2.41. The number of anilines is 1. The molecule has 108 valence electrons. The molecule has 0 unspecified atom stereocenters. The summed E-state index contributed by atoms with van der Waals surface area (Å²) < 4.78 is 13.2. The molecule has 0 saturated carbocycles. The van der Waals surface area contributed by atoms with Crippen molar-refractivity contribution in [3.05, 3.63) is 63.5 Å². The van der Waals surface area contributed by atoms with Gasteiger partial charge in [0.25, 0.3) is 11.6 Å². The summed E-state index contributed by atoms with van der Waals surface area (Å²) in [5.41, 5.74) is 0.0940. The molecule has 0 aliphatic heterocycles. The Balaban J connectivity index is 2.36. The summed E-state index contributed by atoms with van der Waals surface area (Å²) in [6.45, 7) is 1.65. The van der Waals surface area contributed by atoms with Crippen LogP contribution in [0, 0.1) is 22.9 Å². The van der Waals surface area contributed by atoms with Crippen molar-refractivity contribution in [2.24, 2.45) is 0 Å². The number of nitrogens with one attached hydrogen (secondary N) is 1. The number of benzene rings is 2. The summed E-state index contributed by atoms with van der Waals surface area (Å²) in [5.74, 6) is -1.51. The zero-order chi connectivity index (χ0) is 15.6. The number of carbonyl (C=O) groups is 1. The van der Waals surface area contributed by atoms with E-state index in [1.165, 1.54) is 18.2 Å². The molecule has 7 heteroatoms. The third-order valence-electron chi connectivity index (χ3n) is 2.86. The molecule has 2 aromatic carbocycles. The van der Waals surface area contributed by atoms with Crippen molar-refractivity contribution in [3.8, 4) is 5.75 Å². The number of rotatable bonds is 3. The second kappa shape index (κ2) is 5.58. The van der Waals surface area contributed by atoms with Crippen LogP contribution in [0.5, 0.6) is 5.75 Å². The number of phenols is 1. The summed E-state index contributed by atoms with van der Waals surface area (Å²) in [6, 6.07) is 6.91. The van der Waals surface area contributed by atoms with Crippen LogP contribution >= 0.6 is 0 Å². The van der Waals surface area contributed by atoms with E-state index in [4.69, 9.17) is 0 Å². The van der Waals surface area contributed by atoms with E-state index in [2.05, 4.69) is 5.32 Å². The summed E-state index contributed by atoms with van der Waals surface area (Å²) in [6.07, 6.45) is 0. The first kappa shape index (κ1) is 14.4. The Kier molecular flexibility index (Phi) is 3.84. The van der Waals surface area contributed by atoms with Gasteiger partial charge in [-0.05, 0) is 42.8 Å². The second-order valence-electron chi connectivity index (χ2n) is 4.37. The van der Waals surface area contributed by atoms with Gasteiger partial charge < -0.3 is 10.4 Å². The van der Waals surface area contributed by atoms with E-state index in [1.807, 2.05) is 0 Å². The highest BCUT2D eigenvalue weighted by molar-refractivity contribution is 6.07. The quantitative estimate of drug-likeness (QED) is 0.516. The van der Waals surface area contributed by atoms with Crippen LogP contribution in [0.1, 0.15) is 15.9 Å². The minimum atomic E-state index is -0.796. The molecule has 0 aliphatic rings. The van der Waals surface area contributed by atoms with E-state index < -0.39 is 22.3 Å². The summed E-state index contributed by atoms with van der Waals surface area (Å²) >= 11 is 0. The predicted molar refractivity (Wildman–Crippen MR) is 73.9 cm³/mol. The van der Waals surface area contributed by atoms with Crippen molar-refractivity contribution in [2.75, 3.05) is 5.32 Å². The van der Waals surface area contributed by atoms with E-state index >= 15 is 0 Å². The van der Waals surface area contributed by atoms with Gasteiger partial charge in [0.05, 0.1) is 4.92 Å². The molecule has 21 heavy (non-hydrogen) atoms. The van der Waals surface area contributed by atoms with Crippen LogP contribution in [0.3, 0.4) is 0 Å². The monoisotopic (exact) mass is 290 g/mol. The molecule has 0 bridgehead atoms. The summed E-state index contributed by atoms with van der Waals surface area (Å²) in [5, 5.41) is 22.6. The van der Waals surface area contributed by atoms with Crippen LogP contribution in [-0.2, 0) is 0 Å². The third kappa shape index (κ3) is 3.14. The molecule has 6 nitrogen and oxygen atoms in total. The number of halogens is 1. The van der Waals surface area contributed by atoms with Crippen LogP contribution < -0.4 is 5.32 Å². The lowest BCUT2D eigenvalue weighted by atomic mass is 10.1. The van der Waals surface area contributed by atoms with Crippen LogP contribution in [0.15, 0.2) is 36.4 Å². The van der Waals surface area contributed by atoms with Crippen molar-refractivity contribution in [3.63, 3.8) is 0 Å². The molecule has 0 atom stereocenters. The molecular formula is C14H11FN2O4. The van der Waals surface area contributed by atoms with Crippen molar-refractivity contribution in [2.45, 2.75) is 6.92 Å². The zero-order valence-corrected chi connectivity index (χ0v) is 11.0. The summed E-state index contributed by atoms with van der Waals surface area (Å²) in [4.78, 5) is 22.2. The van der Waals surface area contributed by atoms with Gasteiger partial charge in [-0.25, -0.2) is 4.39 Å². The van der Waals surface area contributed by atoms with Gasteiger partial charge >= 0.3 is 0 Å². The highest BCUT2D eigenvalue weighted by atomic mass is 19.1. The molecule has 2 rings (SSSR count). The fourth-order valence-electron chi connectivity index (χ4n) is 1.83. The lowest BCUT2D eigenvalue weighted by Gasteiger charge is -2.09. The number of nitro groups is 1. The molecule has 2 N–H and O–H groups in total. The van der Waals surface area contributed by atoms with E-state index in [-0.39, 0.29) is 11.3 Å². The molecule has 2 aromatic rings. The van der Waals surface area contributed by atoms with Gasteiger partial charge in [0.15, 0.2) is 0 Å². The van der Waals surface area contributed by atoms with E-state index in [9.17, 15) is 24.4 Å². The number of aromatic hydroxyl groups is 1. The van der Waals surface area contributed by atoms with Crippen molar-refractivity contribution >= 4 is 17.3 Å². The Labute approximate surface area is 119 Å². The molecular weight excluding hydrogens is 279 g/mol. The highest BCUT2D eigenvalue weighted by Gasteiger charge is 2.21. The van der Waals surface area contributed by atoms with Gasteiger partial charge in [0, 0.05) is 11.8 Å². The first-order valence-corrected chi connectivity index (χ1v) is 5.93. The van der Waals surface area contributed by atoms with Gasteiger partial charge in [-0.3, -0.25) is 14.9 Å². The Hall–Kier alpha value is -2.96. The molecule has 0 saturated heterocycles. The molecule has 0 aromatic heterocycles. The lowest BCUT2D eigenvalue weighted by molar-refractivity contribution is -0.385. The van der Waals surface area contributed by atoms with Crippen LogP contribution in [0.25, 0.3) is 0 Å². The number of nitrogens with zero attached hydrogens (tertiary/aromatic N) is 1. The molecule has 0 aliphatic carbocycles. The predicted octanol–water partition coefficient (Wildman–Crippen LogP) is 3.00. The fourth-order valence-corrected chi connectivity index (χ4v) is 1.83. The molecule has 1 amide bonds. The van der Waals surface area contributed by atoms with Crippen LogP contribution in [0.2, 0.25) is 0 Å². The Morgan fingerprint density at radius 2 is 2.00 bits per heavy atom. The van der Waals surface area contributed by atoms with Crippen molar-refractivity contribution in [1.29, 1.82) is 0 Å². The third-order valence-corrected chi connectivity index (χ3v) is 2.86. The molecule has 0 fully saturated rings. The van der Waals surface area contributed by atoms with E-state index in [1.54, 1.807) is 6.92 Å².